The molecule has 0 aromatic carbocycles. The van der Waals surface area contributed by atoms with E-state index in [9.17, 15) is 14.4 Å². The first-order chi connectivity index (χ1) is 14.7. The van der Waals surface area contributed by atoms with E-state index in [4.69, 9.17) is 4.98 Å². The largest absolute Gasteiger partial charge is 0.342 e. The first kappa shape index (κ1) is 23.3. The monoisotopic (exact) mass is 431 g/mol. The molecule has 172 valence electrons. The predicted octanol–water partition coefficient (Wildman–Crippen LogP) is 2.78. The van der Waals surface area contributed by atoms with Gasteiger partial charge in [-0.15, -0.1) is 0 Å². The number of aryl methyl sites for hydroxylation is 2. The van der Waals surface area contributed by atoms with Crippen LogP contribution in [0.5, 0.6) is 0 Å². The summed E-state index contributed by atoms with van der Waals surface area (Å²) in [7, 11) is 0. The van der Waals surface area contributed by atoms with Gasteiger partial charge in [0.25, 0.3) is 5.56 Å². The van der Waals surface area contributed by atoms with Crippen LogP contribution in [-0.4, -0.2) is 43.0 Å². The van der Waals surface area contributed by atoms with E-state index in [0.29, 0.717) is 60.7 Å². The number of carbonyl (C=O) groups excluding carboxylic acids is 1. The summed E-state index contributed by atoms with van der Waals surface area (Å²) in [4.78, 5) is 47.2. The predicted molar refractivity (Wildman–Crippen MR) is 122 cm³/mol. The second-order valence-electron chi connectivity index (χ2n) is 9.71. The molecule has 3 rings (SSSR count). The van der Waals surface area contributed by atoms with Gasteiger partial charge in [0.1, 0.15) is 5.82 Å². The van der Waals surface area contributed by atoms with Crippen LogP contribution in [0.3, 0.4) is 0 Å². The van der Waals surface area contributed by atoms with Gasteiger partial charge in [-0.05, 0) is 30.6 Å². The number of unbranched alkanes of at least 4 members (excludes halogenated alkanes) is 1. The van der Waals surface area contributed by atoms with E-state index in [2.05, 4.69) is 39.6 Å². The van der Waals surface area contributed by atoms with Gasteiger partial charge in [-0.2, -0.15) is 0 Å². The number of likely N-dealkylation sites (tertiary alicyclic amines) is 1. The average molecular weight is 432 g/mol. The Morgan fingerprint density at radius 2 is 1.84 bits per heavy atom. The number of hydrogen-bond acceptors (Lipinski definition) is 4. The van der Waals surface area contributed by atoms with E-state index in [1.54, 1.807) is 4.57 Å². The topological polar surface area (TPSA) is 93.0 Å². The maximum Gasteiger partial charge on any atom is 0.330 e. The molecule has 1 aliphatic heterocycles. The smallest absolute Gasteiger partial charge is 0.330 e. The third-order valence-corrected chi connectivity index (χ3v) is 6.03. The summed E-state index contributed by atoms with van der Waals surface area (Å²) in [6, 6.07) is 0. The molecule has 2 aromatic rings. The summed E-state index contributed by atoms with van der Waals surface area (Å²) in [6.45, 7) is 13.4. The van der Waals surface area contributed by atoms with Gasteiger partial charge in [0.05, 0.1) is 0 Å². The van der Waals surface area contributed by atoms with E-state index in [1.807, 2.05) is 9.47 Å². The van der Waals surface area contributed by atoms with Crippen LogP contribution in [0, 0.1) is 17.8 Å². The third-order valence-electron chi connectivity index (χ3n) is 6.03. The number of carbonyl (C=O) groups is 1. The van der Waals surface area contributed by atoms with Crippen LogP contribution < -0.4 is 11.2 Å². The zero-order valence-corrected chi connectivity index (χ0v) is 19.6. The van der Waals surface area contributed by atoms with Crippen LogP contribution in [0.15, 0.2) is 9.59 Å². The van der Waals surface area contributed by atoms with Gasteiger partial charge in [-0.25, -0.2) is 9.78 Å². The Morgan fingerprint density at radius 3 is 2.45 bits per heavy atom. The van der Waals surface area contributed by atoms with E-state index in [-0.39, 0.29) is 5.91 Å². The van der Waals surface area contributed by atoms with Gasteiger partial charge in [-0.3, -0.25) is 19.1 Å². The number of rotatable bonds is 8. The SMILES string of the molecule is CCCCn1c(=O)[nH]c(=O)c2c1nc(CCC(=O)N1CC(C)CC(C)C1)n2CC(C)C. The molecule has 0 spiro atoms. The Kier molecular flexibility index (Phi) is 7.38. The number of hydrogen-bond donors (Lipinski definition) is 1. The molecular formula is C23H37N5O3. The molecule has 2 aromatic heterocycles. The van der Waals surface area contributed by atoms with Crippen molar-refractivity contribution in [1.29, 1.82) is 0 Å². The van der Waals surface area contributed by atoms with E-state index >= 15 is 0 Å². The molecule has 2 atom stereocenters. The van der Waals surface area contributed by atoms with Crippen molar-refractivity contribution in [2.24, 2.45) is 17.8 Å². The van der Waals surface area contributed by atoms with Crippen LogP contribution in [0.2, 0.25) is 0 Å². The van der Waals surface area contributed by atoms with Gasteiger partial charge in [0, 0.05) is 39.0 Å². The molecule has 1 fully saturated rings. The van der Waals surface area contributed by atoms with Crippen LogP contribution in [0.4, 0.5) is 0 Å². The number of aromatic nitrogens is 4. The molecule has 1 aliphatic rings. The van der Waals surface area contributed by atoms with E-state index in [1.165, 1.54) is 0 Å². The zero-order chi connectivity index (χ0) is 22.7. The molecule has 1 amide bonds. The quantitative estimate of drug-likeness (QED) is 0.695. The summed E-state index contributed by atoms with van der Waals surface area (Å²) >= 11 is 0. The highest BCUT2D eigenvalue weighted by Crippen LogP contribution is 2.22. The maximum atomic E-state index is 12.9. The highest BCUT2D eigenvalue weighted by atomic mass is 16.2. The standard InChI is InChI=1S/C23H37N5O3/c1-6-7-10-27-21-20(22(30)25-23(27)31)28(12-15(2)3)18(24-21)8-9-19(29)26-13-16(4)11-17(5)14-26/h15-17H,6-14H2,1-5H3,(H,25,30,31). The van der Waals surface area contributed by atoms with Gasteiger partial charge in [-0.1, -0.05) is 41.0 Å². The molecule has 1 saturated heterocycles. The number of H-pyrrole nitrogens is 1. The van der Waals surface area contributed by atoms with Crippen molar-refractivity contribution in [3.63, 3.8) is 0 Å². The minimum absolute atomic E-state index is 0.138. The van der Waals surface area contributed by atoms with E-state index in [0.717, 1.165) is 32.4 Å². The molecule has 8 nitrogen and oxygen atoms in total. The van der Waals surface area contributed by atoms with Crippen LogP contribution in [-0.2, 0) is 24.3 Å². The second kappa shape index (κ2) is 9.83. The van der Waals surface area contributed by atoms with E-state index < -0.39 is 11.2 Å². The molecule has 1 N–H and O–H groups in total. The Morgan fingerprint density at radius 1 is 1.16 bits per heavy atom. The first-order valence-electron chi connectivity index (χ1n) is 11.7. The number of aromatic amines is 1. The summed E-state index contributed by atoms with van der Waals surface area (Å²) in [5.74, 6) is 2.18. The minimum Gasteiger partial charge on any atom is -0.342 e. The van der Waals surface area contributed by atoms with Crippen LogP contribution in [0.1, 0.15) is 66.1 Å². The fourth-order valence-electron chi connectivity index (χ4n) is 4.74. The van der Waals surface area contributed by atoms with Crippen molar-refractivity contribution in [3.8, 4) is 0 Å². The molecule has 31 heavy (non-hydrogen) atoms. The highest BCUT2D eigenvalue weighted by molar-refractivity contribution is 5.77. The lowest BCUT2D eigenvalue weighted by molar-refractivity contribution is -0.133. The van der Waals surface area contributed by atoms with Crippen molar-refractivity contribution in [1.82, 2.24) is 24.0 Å². The summed E-state index contributed by atoms with van der Waals surface area (Å²) in [6.07, 6.45) is 3.75. The second-order valence-corrected chi connectivity index (χ2v) is 9.71. The van der Waals surface area contributed by atoms with Gasteiger partial charge in [0.15, 0.2) is 11.2 Å². The number of nitrogens with one attached hydrogen (secondary N) is 1. The van der Waals surface area contributed by atoms with Crippen LogP contribution in [0.25, 0.3) is 11.2 Å². The van der Waals surface area contributed by atoms with Gasteiger partial charge >= 0.3 is 5.69 Å². The normalized spacial score (nSPS) is 19.5. The van der Waals surface area contributed by atoms with Crippen molar-refractivity contribution < 1.29 is 4.79 Å². The lowest BCUT2D eigenvalue weighted by Gasteiger charge is -2.35. The Balaban J connectivity index is 1.93. The molecule has 0 radical (unpaired) electrons. The third kappa shape index (κ3) is 5.28. The fraction of sp³-hybridized carbons (Fsp3) is 0.739. The average Bonchev–Trinajstić information content (AvgIpc) is 3.03. The lowest BCUT2D eigenvalue weighted by atomic mass is 9.91. The number of piperidine rings is 1. The van der Waals surface area contributed by atoms with Crippen molar-refractivity contribution >= 4 is 17.1 Å². The lowest BCUT2D eigenvalue weighted by Crippen LogP contribution is -2.42. The fourth-order valence-corrected chi connectivity index (χ4v) is 4.74. The molecule has 0 saturated carbocycles. The molecule has 2 unspecified atom stereocenters. The van der Waals surface area contributed by atoms with Crippen molar-refractivity contribution in [2.75, 3.05) is 13.1 Å². The van der Waals surface area contributed by atoms with Gasteiger partial charge in [0.2, 0.25) is 5.91 Å². The Labute approximate surface area is 183 Å². The van der Waals surface area contributed by atoms with Crippen molar-refractivity contribution in [2.45, 2.75) is 79.8 Å². The Hall–Kier alpha value is -2.38. The number of fused-ring (bicyclic) bond motifs is 1. The molecule has 8 heteroatoms. The summed E-state index contributed by atoms with van der Waals surface area (Å²) in [5, 5.41) is 0. The number of nitrogens with zero attached hydrogens (tertiary/aromatic N) is 4. The number of amides is 1. The zero-order valence-electron chi connectivity index (χ0n) is 19.6. The molecule has 0 aliphatic carbocycles. The molecular weight excluding hydrogens is 394 g/mol. The Bertz CT molecular complexity index is 1020. The maximum absolute atomic E-state index is 12.9. The highest BCUT2D eigenvalue weighted by Gasteiger charge is 2.26. The first-order valence-corrected chi connectivity index (χ1v) is 11.7. The molecule has 3 heterocycles. The van der Waals surface area contributed by atoms with Crippen molar-refractivity contribution in [3.05, 3.63) is 26.7 Å². The van der Waals surface area contributed by atoms with Gasteiger partial charge < -0.3 is 9.47 Å². The molecule has 0 bridgehead atoms. The number of imidazole rings is 1. The summed E-state index contributed by atoms with van der Waals surface area (Å²) in [5.41, 5.74) is 0.0498. The summed E-state index contributed by atoms with van der Waals surface area (Å²) < 4.78 is 3.48. The van der Waals surface area contributed by atoms with Crippen LogP contribution >= 0.6 is 0 Å². The minimum atomic E-state index is -0.418.